The van der Waals surface area contributed by atoms with Crippen LogP contribution in [0.1, 0.15) is 12.6 Å². The average molecular weight is 558 g/mol. The highest BCUT2D eigenvalue weighted by Gasteiger charge is 2.54. The van der Waals surface area contributed by atoms with E-state index in [1.807, 2.05) is 0 Å². The van der Waals surface area contributed by atoms with Crippen LogP contribution in [0, 0.1) is 0 Å². The van der Waals surface area contributed by atoms with Gasteiger partial charge in [-0.05, 0) is 6.92 Å². The highest BCUT2D eigenvalue weighted by Crippen LogP contribution is 2.40. The molecule has 0 radical (unpaired) electrons. The number of esters is 1. The third-order valence-electron chi connectivity index (χ3n) is 4.79. The van der Waals surface area contributed by atoms with Gasteiger partial charge in [-0.25, -0.2) is 19.4 Å². The summed E-state index contributed by atoms with van der Waals surface area (Å²) in [7, 11) is 1.27. The predicted molar refractivity (Wildman–Crippen MR) is 127 cm³/mol. The largest absolute Gasteiger partial charge is 0.508 e. The van der Waals surface area contributed by atoms with Gasteiger partial charge < -0.3 is 34.8 Å². The van der Waals surface area contributed by atoms with E-state index in [-0.39, 0.29) is 54.9 Å². The minimum absolute atomic E-state index is 0.116. The van der Waals surface area contributed by atoms with E-state index in [9.17, 15) is 24.0 Å². The fourth-order valence-electron chi connectivity index (χ4n) is 3.26. The van der Waals surface area contributed by atoms with Gasteiger partial charge in [0.05, 0.1) is 12.1 Å². The molecule has 15 nitrogen and oxygen atoms in total. The van der Waals surface area contributed by atoms with Crippen LogP contribution in [0.15, 0.2) is 27.3 Å². The first-order chi connectivity index (χ1) is 17.8. The minimum Gasteiger partial charge on any atom is -0.457 e. The second kappa shape index (κ2) is 12.9. The van der Waals surface area contributed by atoms with Crippen molar-refractivity contribution in [1.82, 2.24) is 15.2 Å². The number of carbonyl (C=O) groups is 5. The van der Waals surface area contributed by atoms with Crippen LogP contribution in [-0.4, -0.2) is 96.3 Å². The lowest BCUT2D eigenvalue weighted by Gasteiger charge is -2.49. The number of thioether (sulfide) groups is 1. The number of hydrogen-bond acceptors (Lipinski definition) is 14. The maximum atomic E-state index is 13.0. The van der Waals surface area contributed by atoms with Crippen molar-refractivity contribution in [1.29, 1.82) is 0 Å². The molecule has 2 aliphatic rings. The normalized spacial score (nSPS) is 18.8. The van der Waals surface area contributed by atoms with Gasteiger partial charge in [0.25, 0.3) is 11.8 Å². The summed E-state index contributed by atoms with van der Waals surface area (Å²) in [4.78, 5) is 71.0. The van der Waals surface area contributed by atoms with Crippen LogP contribution in [0.3, 0.4) is 0 Å². The Balaban J connectivity index is 1.71. The molecule has 37 heavy (non-hydrogen) atoms. The lowest BCUT2D eigenvalue weighted by Crippen LogP contribution is -2.71. The van der Waals surface area contributed by atoms with Crippen LogP contribution in [0.4, 0.5) is 9.59 Å². The number of hydrogen-bond donors (Lipinski definition) is 2. The average Bonchev–Trinajstić information content (AvgIpc) is 3.40. The second-order valence-corrected chi connectivity index (χ2v) is 8.91. The molecule has 1 fully saturated rings. The smallest absolute Gasteiger partial charge is 0.457 e. The molecule has 0 spiro atoms. The minimum atomic E-state index is -1.07. The van der Waals surface area contributed by atoms with Crippen molar-refractivity contribution in [2.24, 2.45) is 10.9 Å². The van der Waals surface area contributed by atoms with Crippen LogP contribution in [0.25, 0.3) is 0 Å². The van der Waals surface area contributed by atoms with Gasteiger partial charge in [-0.2, -0.15) is 0 Å². The molecule has 3 N–H and O–H groups in total. The first-order valence-electron chi connectivity index (χ1n) is 10.6. The molecule has 0 bridgehead atoms. The molecule has 2 atom stereocenters. The molecule has 0 saturated carbocycles. The number of ether oxygens (including phenoxy) is 4. The summed E-state index contributed by atoms with van der Waals surface area (Å²) in [6, 6.07) is -0.994. The van der Waals surface area contributed by atoms with Gasteiger partial charge in [0.15, 0.2) is 5.71 Å². The summed E-state index contributed by atoms with van der Waals surface area (Å²) in [6.07, 6.45) is -1.99. The number of carbonyl (C=O) groups excluding carboxylic acids is 5. The number of aromatic nitrogens is 1. The van der Waals surface area contributed by atoms with Crippen LogP contribution < -0.4 is 11.1 Å². The molecule has 200 valence electrons. The summed E-state index contributed by atoms with van der Waals surface area (Å²) < 4.78 is 19.3. The maximum Gasteiger partial charge on any atom is 0.508 e. The SMILES string of the molecule is CCOC(=O)OCCOC(=O)C1=C(COC(N)=O)CS[C@H]2C(NC(=O)/C(=N\OC)c3cscn3)C(=O)N12. The molecule has 3 heterocycles. The van der Waals surface area contributed by atoms with Gasteiger partial charge in [-0.1, -0.05) is 5.16 Å². The van der Waals surface area contributed by atoms with Crippen LogP contribution in [-0.2, 0) is 38.2 Å². The zero-order chi connectivity index (χ0) is 26.9. The Kier molecular flexibility index (Phi) is 9.67. The Morgan fingerprint density at radius 3 is 2.62 bits per heavy atom. The Morgan fingerprint density at radius 1 is 1.22 bits per heavy atom. The third-order valence-corrected chi connectivity index (χ3v) is 6.71. The van der Waals surface area contributed by atoms with Gasteiger partial charge >= 0.3 is 18.2 Å². The van der Waals surface area contributed by atoms with Gasteiger partial charge in [0.2, 0.25) is 0 Å². The predicted octanol–water partition coefficient (Wildman–Crippen LogP) is -0.0408. The fourth-order valence-corrected chi connectivity index (χ4v) is 5.13. The first kappa shape index (κ1) is 27.7. The quantitative estimate of drug-likeness (QED) is 0.0920. The number of oxime groups is 1. The number of rotatable bonds is 11. The van der Waals surface area contributed by atoms with Crippen molar-refractivity contribution in [3.63, 3.8) is 0 Å². The van der Waals surface area contributed by atoms with E-state index in [4.69, 9.17) is 24.8 Å². The number of nitrogens with one attached hydrogen (secondary N) is 1. The highest BCUT2D eigenvalue weighted by molar-refractivity contribution is 8.00. The van der Waals surface area contributed by atoms with E-state index in [2.05, 4.69) is 20.2 Å². The number of primary amides is 1. The van der Waals surface area contributed by atoms with Gasteiger partial charge in [0.1, 0.15) is 49.7 Å². The summed E-state index contributed by atoms with van der Waals surface area (Å²) in [6.45, 7) is 0.758. The zero-order valence-corrected chi connectivity index (χ0v) is 21.3. The molecule has 1 aromatic heterocycles. The van der Waals surface area contributed by atoms with Crippen molar-refractivity contribution < 1.29 is 47.8 Å². The molecule has 0 aromatic carbocycles. The molecule has 17 heteroatoms. The fraction of sp³-hybridized carbons (Fsp3) is 0.450. The molecule has 3 amide bonds. The molecule has 1 saturated heterocycles. The summed E-state index contributed by atoms with van der Waals surface area (Å²) in [5.74, 6) is -2.04. The molecular weight excluding hydrogens is 534 g/mol. The second-order valence-electron chi connectivity index (χ2n) is 7.08. The molecule has 0 aliphatic carbocycles. The number of nitrogens with two attached hydrogens (primary N) is 1. The number of thiazole rings is 1. The summed E-state index contributed by atoms with van der Waals surface area (Å²) in [5, 5.41) is 7.22. The van der Waals surface area contributed by atoms with Crippen molar-refractivity contribution in [2.75, 3.05) is 39.3 Å². The number of β-lactam (4-membered cyclic amide) rings is 1. The van der Waals surface area contributed by atoms with E-state index in [1.165, 1.54) is 35.7 Å². The summed E-state index contributed by atoms with van der Waals surface area (Å²) >= 11 is 2.48. The molecule has 1 aromatic rings. The molecule has 3 rings (SSSR count). The monoisotopic (exact) mass is 557 g/mol. The van der Waals surface area contributed by atoms with E-state index in [1.54, 1.807) is 12.3 Å². The van der Waals surface area contributed by atoms with Crippen molar-refractivity contribution in [3.8, 4) is 0 Å². The van der Waals surface area contributed by atoms with Gasteiger partial charge in [-0.15, -0.1) is 23.1 Å². The number of nitrogens with zero attached hydrogens (tertiary/aromatic N) is 3. The molecule has 1 unspecified atom stereocenters. The van der Waals surface area contributed by atoms with Crippen LogP contribution in [0.2, 0.25) is 0 Å². The topological polar surface area (TPSA) is 198 Å². The van der Waals surface area contributed by atoms with Gasteiger partial charge in [0, 0.05) is 16.7 Å². The third kappa shape index (κ3) is 6.67. The molecule has 2 aliphatic heterocycles. The zero-order valence-electron chi connectivity index (χ0n) is 19.7. The van der Waals surface area contributed by atoms with Crippen molar-refractivity contribution in [3.05, 3.63) is 27.9 Å². The first-order valence-corrected chi connectivity index (χ1v) is 12.6. The Morgan fingerprint density at radius 2 is 1.97 bits per heavy atom. The Labute approximate surface area is 218 Å². The Hall–Kier alpha value is -3.86. The van der Waals surface area contributed by atoms with Crippen molar-refractivity contribution >= 4 is 58.8 Å². The van der Waals surface area contributed by atoms with E-state index in [0.717, 1.165) is 4.90 Å². The lowest BCUT2D eigenvalue weighted by atomic mass is 10.0. The van der Waals surface area contributed by atoms with E-state index in [0.29, 0.717) is 0 Å². The van der Waals surface area contributed by atoms with Crippen molar-refractivity contribution in [2.45, 2.75) is 18.3 Å². The lowest BCUT2D eigenvalue weighted by molar-refractivity contribution is -0.153. The summed E-state index contributed by atoms with van der Waals surface area (Å²) in [5.41, 5.74) is 6.82. The highest BCUT2D eigenvalue weighted by atomic mass is 32.2. The maximum absolute atomic E-state index is 13.0. The standard InChI is InChI=1S/C20H23N5O10S2/c1-3-32-20(30)34-5-4-33-18(28)14-10(6-35-19(21)29)7-37-17-13(16(27)25(14)17)23-15(26)12(24-31-2)11-8-36-9-22-11/h8-9,13,17H,3-7H2,1-2H3,(H2,21,29)(H,23,26)/b24-12-/t13?,17-/m0/s1. The van der Waals surface area contributed by atoms with Crippen LogP contribution in [0.5, 0.6) is 0 Å². The number of amides is 3. The Bertz CT molecular complexity index is 1110. The molecular formula is C20H23N5O10S2. The number of fused-ring (bicyclic) bond motifs is 1. The van der Waals surface area contributed by atoms with E-state index < -0.39 is 41.4 Å². The van der Waals surface area contributed by atoms with Gasteiger partial charge in [-0.3, -0.25) is 14.5 Å². The van der Waals surface area contributed by atoms with Crippen LogP contribution >= 0.6 is 23.1 Å². The van der Waals surface area contributed by atoms with E-state index >= 15 is 0 Å².